The van der Waals surface area contributed by atoms with Crippen LogP contribution in [0.3, 0.4) is 0 Å². The number of alkyl halides is 1. The van der Waals surface area contributed by atoms with Crippen molar-refractivity contribution in [2.24, 2.45) is 17.8 Å². The molecule has 0 aliphatic carbocycles. The summed E-state index contributed by atoms with van der Waals surface area (Å²) in [6.45, 7) is 14.1. The van der Waals surface area contributed by atoms with Crippen LogP contribution in [0.5, 0.6) is 0 Å². The van der Waals surface area contributed by atoms with Gasteiger partial charge >= 0.3 is 5.97 Å². The van der Waals surface area contributed by atoms with Crippen LogP contribution in [0, 0.1) is 17.8 Å². The number of nitrogens with zero attached hydrogens (tertiary/aromatic N) is 2. The van der Waals surface area contributed by atoms with Crippen molar-refractivity contribution >= 4 is 39.6 Å². The van der Waals surface area contributed by atoms with E-state index in [1.807, 2.05) is 51.1 Å². The number of nitrogens with one attached hydrogen (secondary N) is 1. The van der Waals surface area contributed by atoms with Crippen LogP contribution in [0.25, 0.3) is 0 Å². The van der Waals surface area contributed by atoms with Crippen LogP contribution in [-0.2, 0) is 28.7 Å². The van der Waals surface area contributed by atoms with Gasteiger partial charge in [-0.15, -0.1) is 13.2 Å². The molecule has 11 heteroatoms. The number of hydrogen-bond acceptors (Lipinski definition) is 7. The van der Waals surface area contributed by atoms with E-state index in [1.54, 1.807) is 17.1 Å². The molecule has 3 aliphatic rings. The van der Waals surface area contributed by atoms with E-state index in [0.29, 0.717) is 37.9 Å². The highest BCUT2D eigenvalue weighted by Gasteiger charge is 2.77. The van der Waals surface area contributed by atoms with E-state index in [0.717, 1.165) is 12.8 Å². The zero-order valence-electron chi connectivity index (χ0n) is 27.8. The van der Waals surface area contributed by atoms with Crippen molar-refractivity contribution in [2.75, 3.05) is 26.2 Å². The molecule has 47 heavy (non-hydrogen) atoms. The second-order valence-electron chi connectivity index (χ2n) is 13.3. The van der Waals surface area contributed by atoms with Crippen molar-refractivity contribution in [3.63, 3.8) is 0 Å². The lowest BCUT2D eigenvalue weighted by atomic mass is 9.70. The summed E-state index contributed by atoms with van der Waals surface area (Å²) in [5, 5.41) is 13.4. The van der Waals surface area contributed by atoms with E-state index >= 15 is 0 Å². The number of rotatable bonds is 18. The number of amides is 3. The monoisotopic (exact) mass is 715 g/mol. The summed E-state index contributed by atoms with van der Waals surface area (Å²) in [6.07, 6.45) is 5.08. The SMILES string of the molecule is C=CCCC(=O)NC[C@@H](OC(=O)[C@H]1[C@@H]2O[C@@]3(CC2Br)[C@@H]1C(=O)N([C@@H](CO)CC(C)C)[C@@H]3C(=O)N(CC=C)CCCC)c1ccccc1. The number of fused-ring (bicyclic) bond motifs is 1. The molecular weight excluding hydrogens is 666 g/mol. The summed E-state index contributed by atoms with van der Waals surface area (Å²) >= 11 is 3.72. The molecule has 2 N–H and O–H groups in total. The van der Waals surface area contributed by atoms with Gasteiger partial charge in [-0.2, -0.15) is 0 Å². The fraction of sp³-hybridized carbons (Fsp3) is 0.611. The van der Waals surface area contributed by atoms with Gasteiger partial charge in [-0.05, 0) is 37.2 Å². The van der Waals surface area contributed by atoms with Crippen LogP contribution in [0.15, 0.2) is 55.6 Å². The van der Waals surface area contributed by atoms with Gasteiger partial charge in [-0.25, -0.2) is 0 Å². The van der Waals surface area contributed by atoms with Crippen LogP contribution >= 0.6 is 15.9 Å². The maximum Gasteiger partial charge on any atom is 0.313 e. The van der Waals surface area contributed by atoms with Crippen LogP contribution < -0.4 is 5.32 Å². The van der Waals surface area contributed by atoms with Gasteiger partial charge in [0.15, 0.2) is 0 Å². The number of carbonyl (C=O) groups excluding carboxylic acids is 4. The maximum absolute atomic E-state index is 14.6. The Morgan fingerprint density at radius 3 is 2.57 bits per heavy atom. The number of allylic oxidation sites excluding steroid dienone is 1. The lowest BCUT2D eigenvalue weighted by molar-refractivity contribution is -0.161. The van der Waals surface area contributed by atoms with Crippen molar-refractivity contribution in [3.05, 3.63) is 61.2 Å². The fourth-order valence-electron chi connectivity index (χ4n) is 7.44. The Morgan fingerprint density at radius 2 is 1.96 bits per heavy atom. The van der Waals surface area contributed by atoms with Crippen LogP contribution in [0.1, 0.15) is 71.0 Å². The number of aliphatic hydroxyl groups is 1. The molecule has 0 radical (unpaired) electrons. The van der Waals surface area contributed by atoms with E-state index in [4.69, 9.17) is 9.47 Å². The average molecular weight is 717 g/mol. The third-order valence-electron chi connectivity index (χ3n) is 9.51. The lowest BCUT2D eigenvalue weighted by Gasteiger charge is -2.39. The lowest BCUT2D eigenvalue weighted by Crippen LogP contribution is -2.59. The van der Waals surface area contributed by atoms with Crippen LogP contribution in [0.4, 0.5) is 0 Å². The van der Waals surface area contributed by atoms with E-state index in [2.05, 4.69) is 34.4 Å². The molecule has 3 heterocycles. The molecule has 3 saturated heterocycles. The van der Waals surface area contributed by atoms with Gasteiger partial charge in [-0.1, -0.05) is 85.6 Å². The summed E-state index contributed by atoms with van der Waals surface area (Å²) < 4.78 is 12.8. The Morgan fingerprint density at radius 1 is 1.23 bits per heavy atom. The fourth-order valence-corrected chi connectivity index (χ4v) is 8.38. The standard InChI is InChI=1S/C36H50BrN3O7/c1-6-9-16-28(42)38-21-27(24-14-12-11-13-15-24)46-35(45)29-30-33(43)40(25(22-41)19-23(4)5)32(36(30)20-26(37)31(29)47-36)34(44)39(17-8-3)18-10-7-2/h6,8,11-15,23,25-27,29-32,41H,1,3,7,9-10,16-22H2,2,4-5H3,(H,38,42)/t25-,26?,27-,29-,30+,31-,32-,36+/m1/s1. The summed E-state index contributed by atoms with van der Waals surface area (Å²) in [5.74, 6) is -3.30. The van der Waals surface area contributed by atoms with Crippen molar-refractivity contribution in [1.29, 1.82) is 0 Å². The molecule has 0 saturated carbocycles. The number of benzene rings is 1. The van der Waals surface area contributed by atoms with E-state index in [9.17, 15) is 24.3 Å². The first-order valence-corrected chi connectivity index (χ1v) is 17.7. The van der Waals surface area contributed by atoms with Gasteiger partial charge in [0.25, 0.3) is 0 Å². The zero-order chi connectivity index (χ0) is 34.3. The molecule has 3 amide bonds. The number of halogens is 1. The molecule has 1 spiro atoms. The summed E-state index contributed by atoms with van der Waals surface area (Å²) in [4.78, 5) is 58.8. The quantitative estimate of drug-likeness (QED) is 0.132. The zero-order valence-corrected chi connectivity index (χ0v) is 29.4. The number of ether oxygens (including phenoxy) is 2. The van der Waals surface area contributed by atoms with Crippen molar-refractivity contribution in [1.82, 2.24) is 15.1 Å². The topological polar surface area (TPSA) is 125 Å². The Bertz CT molecular complexity index is 1290. The number of unbranched alkanes of at least 4 members (excludes halogenated alkanes) is 1. The predicted molar refractivity (Wildman–Crippen MR) is 182 cm³/mol. The molecule has 3 fully saturated rings. The number of likely N-dealkylation sites (tertiary alicyclic amines) is 1. The molecule has 3 aliphatic heterocycles. The molecule has 0 aromatic heterocycles. The molecule has 258 valence electrons. The van der Waals surface area contributed by atoms with Gasteiger partial charge in [0.05, 0.1) is 37.1 Å². The number of hydrogen-bond donors (Lipinski definition) is 2. The second kappa shape index (κ2) is 16.4. The Labute approximate surface area is 287 Å². The van der Waals surface area contributed by atoms with Gasteiger partial charge in [0.1, 0.15) is 17.7 Å². The average Bonchev–Trinajstić information content (AvgIpc) is 3.65. The van der Waals surface area contributed by atoms with E-state index in [-0.39, 0.29) is 48.0 Å². The van der Waals surface area contributed by atoms with Gasteiger partial charge in [-0.3, -0.25) is 19.2 Å². The third-order valence-corrected chi connectivity index (χ3v) is 10.4. The number of esters is 1. The predicted octanol–water partition coefficient (Wildman–Crippen LogP) is 4.32. The van der Waals surface area contributed by atoms with Crippen molar-refractivity contribution in [3.8, 4) is 0 Å². The molecule has 1 aromatic carbocycles. The molecule has 10 nitrogen and oxygen atoms in total. The first kappa shape index (κ1) is 36.8. The number of carbonyl (C=O) groups is 4. The highest BCUT2D eigenvalue weighted by molar-refractivity contribution is 9.09. The second-order valence-corrected chi connectivity index (χ2v) is 14.4. The highest BCUT2D eigenvalue weighted by Crippen LogP contribution is 2.61. The summed E-state index contributed by atoms with van der Waals surface area (Å²) in [5.41, 5.74) is -0.590. The maximum atomic E-state index is 14.6. The van der Waals surface area contributed by atoms with Crippen molar-refractivity contribution in [2.45, 2.75) is 94.0 Å². The van der Waals surface area contributed by atoms with E-state index < -0.39 is 47.7 Å². The normalized spacial score (nSPS) is 27.3. The number of aliphatic hydroxyl groups excluding tert-OH is 1. The van der Waals surface area contributed by atoms with Gasteiger partial charge in [0.2, 0.25) is 17.7 Å². The Balaban J connectivity index is 1.71. The van der Waals surface area contributed by atoms with E-state index in [1.165, 1.54) is 4.90 Å². The molecule has 1 aromatic rings. The molecule has 2 bridgehead atoms. The minimum Gasteiger partial charge on any atom is -0.455 e. The minimum absolute atomic E-state index is 0.0492. The minimum atomic E-state index is -1.28. The first-order chi connectivity index (χ1) is 22.5. The summed E-state index contributed by atoms with van der Waals surface area (Å²) in [6, 6.07) is 7.48. The van der Waals surface area contributed by atoms with Crippen LogP contribution in [0.2, 0.25) is 0 Å². The van der Waals surface area contributed by atoms with Crippen molar-refractivity contribution < 1.29 is 33.8 Å². The first-order valence-electron chi connectivity index (χ1n) is 16.8. The van der Waals surface area contributed by atoms with Gasteiger partial charge in [0, 0.05) is 24.3 Å². The molecule has 8 atom stereocenters. The smallest absolute Gasteiger partial charge is 0.313 e. The largest absolute Gasteiger partial charge is 0.455 e. The third kappa shape index (κ3) is 7.67. The molecule has 4 rings (SSSR count). The van der Waals surface area contributed by atoms with Gasteiger partial charge < -0.3 is 29.7 Å². The highest BCUT2D eigenvalue weighted by atomic mass is 79.9. The molecule has 1 unspecified atom stereocenters. The Kier molecular flexibility index (Phi) is 12.8. The van der Waals surface area contributed by atoms with Crippen LogP contribution in [-0.4, -0.2) is 93.5 Å². The summed E-state index contributed by atoms with van der Waals surface area (Å²) in [7, 11) is 0. The Hall–Kier alpha value is -3.02. The molecular formula is C36H50BrN3O7.